The molecule has 0 radical (unpaired) electrons. The SMILES string of the molecule is CC1CNCC1C(=O)Nc1ccc(Cl)c(C(=O)N(C)C)c1. The maximum atomic E-state index is 12.2. The number of hydrogen-bond acceptors (Lipinski definition) is 3. The number of rotatable bonds is 3. The lowest BCUT2D eigenvalue weighted by Gasteiger charge is -2.16. The van der Waals surface area contributed by atoms with E-state index >= 15 is 0 Å². The smallest absolute Gasteiger partial charge is 0.254 e. The van der Waals surface area contributed by atoms with E-state index < -0.39 is 0 Å². The van der Waals surface area contributed by atoms with E-state index in [9.17, 15) is 9.59 Å². The summed E-state index contributed by atoms with van der Waals surface area (Å²) in [6.45, 7) is 3.58. The molecule has 0 spiro atoms. The van der Waals surface area contributed by atoms with Gasteiger partial charge in [0, 0.05) is 26.3 Å². The van der Waals surface area contributed by atoms with E-state index in [1.54, 1.807) is 32.3 Å². The minimum atomic E-state index is -0.188. The van der Waals surface area contributed by atoms with Crippen LogP contribution in [0.2, 0.25) is 5.02 Å². The van der Waals surface area contributed by atoms with Crippen molar-refractivity contribution in [2.75, 3.05) is 32.5 Å². The Bertz CT molecular complexity index is 560. The van der Waals surface area contributed by atoms with Crippen molar-refractivity contribution in [3.8, 4) is 0 Å². The summed E-state index contributed by atoms with van der Waals surface area (Å²) in [6.07, 6.45) is 0. The van der Waals surface area contributed by atoms with Crippen molar-refractivity contribution in [2.24, 2.45) is 11.8 Å². The fraction of sp³-hybridized carbons (Fsp3) is 0.467. The fourth-order valence-electron chi connectivity index (χ4n) is 2.40. The standard InChI is InChI=1S/C15H20ClN3O2/c1-9-7-17-8-12(9)14(20)18-10-4-5-13(16)11(6-10)15(21)19(2)3/h4-6,9,12,17H,7-8H2,1-3H3,(H,18,20). The molecule has 1 aromatic rings. The van der Waals surface area contributed by atoms with Gasteiger partial charge in [0.25, 0.3) is 5.91 Å². The highest BCUT2D eigenvalue weighted by molar-refractivity contribution is 6.34. The number of carbonyl (C=O) groups excluding carboxylic acids is 2. The predicted molar refractivity (Wildman–Crippen MR) is 83.6 cm³/mol. The first kappa shape index (κ1) is 15.8. The van der Waals surface area contributed by atoms with E-state index in [1.165, 1.54) is 4.90 Å². The van der Waals surface area contributed by atoms with Gasteiger partial charge in [0.05, 0.1) is 16.5 Å². The van der Waals surface area contributed by atoms with Gasteiger partial charge in [-0.25, -0.2) is 0 Å². The molecule has 0 bridgehead atoms. The number of benzene rings is 1. The molecule has 1 saturated heterocycles. The summed E-state index contributed by atoms with van der Waals surface area (Å²) in [4.78, 5) is 25.7. The second-order valence-electron chi connectivity index (χ2n) is 5.63. The molecule has 1 heterocycles. The Balaban J connectivity index is 2.16. The van der Waals surface area contributed by atoms with Crippen LogP contribution in [-0.2, 0) is 4.79 Å². The highest BCUT2D eigenvalue weighted by Crippen LogP contribution is 2.23. The van der Waals surface area contributed by atoms with Gasteiger partial charge in [-0.2, -0.15) is 0 Å². The van der Waals surface area contributed by atoms with Crippen molar-refractivity contribution in [3.63, 3.8) is 0 Å². The third-order valence-corrected chi connectivity index (χ3v) is 4.05. The van der Waals surface area contributed by atoms with Crippen LogP contribution in [0.25, 0.3) is 0 Å². The summed E-state index contributed by atoms with van der Waals surface area (Å²) in [5.41, 5.74) is 0.978. The number of hydrogen-bond donors (Lipinski definition) is 2. The summed E-state index contributed by atoms with van der Waals surface area (Å²) < 4.78 is 0. The van der Waals surface area contributed by atoms with Gasteiger partial charge in [-0.3, -0.25) is 9.59 Å². The van der Waals surface area contributed by atoms with E-state index in [0.717, 1.165) is 6.54 Å². The number of halogens is 1. The van der Waals surface area contributed by atoms with E-state index in [0.29, 0.717) is 28.7 Å². The summed E-state index contributed by atoms with van der Waals surface area (Å²) in [6, 6.07) is 4.96. The molecule has 6 heteroatoms. The molecule has 0 saturated carbocycles. The first-order chi connectivity index (χ1) is 9.90. The van der Waals surface area contributed by atoms with Gasteiger partial charge in [0.1, 0.15) is 0 Å². The number of carbonyl (C=O) groups is 2. The molecule has 5 nitrogen and oxygen atoms in total. The number of nitrogens with zero attached hydrogens (tertiary/aromatic N) is 1. The molecule has 2 amide bonds. The summed E-state index contributed by atoms with van der Waals surface area (Å²) in [7, 11) is 3.32. The second-order valence-corrected chi connectivity index (χ2v) is 6.03. The molecule has 1 aliphatic rings. The molecule has 114 valence electrons. The Labute approximate surface area is 129 Å². The molecule has 2 rings (SSSR count). The molecule has 2 N–H and O–H groups in total. The Hall–Kier alpha value is -1.59. The average molecular weight is 310 g/mol. The van der Waals surface area contributed by atoms with Crippen LogP contribution in [0.15, 0.2) is 18.2 Å². The lowest BCUT2D eigenvalue weighted by atomic mass is 9.97. The Morgan fingerprint density at radius 1 is 1.33 bits per heavy atom. The largest absolute Gasteiger partial charge is 0.345 e. The summed E-state index contributed by atoms with van der Waals surface area (Å²) in [5, 5.41) is 6.44. The lowest BCUT2D eigenvalue weighted by Crippen LogP contribution is -2.28. The van der Waals surface area contributed by atoms with Crippen molar-refractivity contribution in [2.45, 2.75) is 6.92 Å². The monoisotopic (exact) mass is 309 g/mol. The zero-order valence-corrected chi connectivity index (χ0v) is 13.2. The molecule has 1 aromatic carbocycles. The topological polar surface area (TPSA) is 61.4 Å². The average Bonchev–Trinajstić information content (AvgIpc) is 2.86. The lowest BCUT2D eigenvalue weighted by molar-refractivity contribution is -0.120. The van der Waals surface area contributed by atoms with Crippen LogP contribution in [0.5, 0.6) is 0 Å². The maximum absolute atomic E-state index is 12.2. The Morgan fingerprint density at radius 2 is 2.05 bits per heavy atom. The Morgan fingerprint density at radius 3 is 2.62 bits per heavy atom. The number of amides is 2. The third-order valence-electron chi connectivity index (χ3n) is 3.72. The normalized spacial score (nSPS) is 21.1. The van der Waals surface area contributed by atoms with Crippen molar-refractivity contribution < 1.29 is 9.59 Å². The van der Waals surface area contributed by atoms with E-state index in [4.69, 9.17) is 11.6 Å². The first-order valence-electron chi connectivity index (χ1n) is 6.93. The van der Waals surface area contributed by atoms with Crippen molar-refractivity contribution in [1.29, 1.82) is 0 Å². The van der Waals surface area contributed by atoms with Crippen LogP contribution in [-0.4, -0.2) is 43.9 Å². The molecule has 1 fully saturated rings. The van der Waals surface area contributed by atoms with Gasteiger partial charge >= 0.3 is 0 Å². The second kappa shape index (κ2) is 6.45. The van der Waals surface area contributed by atoms with Crippen LogP contribution in [0.4, 0.5) is 5.69 Å². The van der Waals surface area contributed by atoms with Crippen molar-refractivity contribution >= 4 is 29.1 Å². The quantitative estimate of drug-likeness (QED) is 0.895. The van der Waals surface area contributed by atoms with Gasteiger partial charge in [-0.1, -0.05) is 18.5 Å². The molecule has 0 aromatic heterocycles. The molecule has 2 unspecified atom stereocenters. The Kier molecular flexibility index (Phi) is 4.85. The molecule has 21 heavy (non-hydrogen) atoms. The molecule has 0 aliphatic carbocycles. The van der Waals surface area contributed by atoms with Gasteiger partial charge in [0.2, 0.25) is 5.91 Å². The fourth-order valence-corrected chi connectivity index (χ4v) is 2.60. The number of anilines is 1. The van der Waals surface area contributed by atoms with Crippen molar-refractivity contribution in [3.05, 3.63) is 28.8 Å². The van der Waals surface area contributed by atoms with Crippen LogP contribution in [0, 0.1) is 11.8 Å². The molecular formula is C15H20ClN3O2. The van der Waals surface area contributed by atoms with Crippen molar-refractivity contribution in [1.82, 2.24) is 10.2 Å². The van der Waals surface area contributed by atoms with E-state index in [1.807, 2.05) is 6.92 Å². The van der Waals surface area contributed by atoms with E-state index in [2.05, 4.69) is 10.6 Å². The number of nitrogens with one attached hydrogen (secondary N) is 2. The molecule has 2 atom stereocenters. The highest BCUT2D eigenvalue weighted by Gasteiger charge is 2.29. The minimum Gasteiger partial charge on any atom is -0.345 e. The zero-order valence-electron chi connectivity index (χ0n) is 12.4. The minimum absolute atomic E-state index is 0.0296. The zero-order chi connectivity index (χ0) is 15.6. The highest BCUT2D eigenvalue weighted by atomic mass is 35.5. The van der Waals surface area contributed by atoms with Crippen LogP contribution in [0.1, 0.15) is 17.3 Å². The molecular weight excluding hydrogens is 290 g/mol. The summed E-state index contributed by atoms with van der Waals surface area (Å²) >= 11 is 6.05. The van der Waals surface area contributed by atoms with Crippen LogP contribution in [0.3, 0.4) is 0 Å². The van der Waals surface area contributed by atoms with Crippen LogP contribution < -0.4 is 10.6 Å². The predicted octanol–water partition coefficient (Wildman–Crippen LogP) is 1.84. The van der Waals surface area contributed by atoms with Gasteiger partial charge < -0.3 is 15.5 Å². The van der Waals surface area contributed by atoms with Gasteiger partial charge in [0.15, 0.2) is 0 Å². The van der Waals surface area contributed by atoms with E-state index in [-0.39, 0.29) is 17.7 Å². The van der Waals surface area contributed by atoms with Gasteiger partial charge in [-0.05, 0) is 30.7 Å². The summed E-state index contributed by atoms with van der Waals surface area (Å²) in [5.74, 6) is 0.0407. The van der Waals surface area contributed by atoms with Crippen LogP contribution >= 0.6 is 11.6 Å². The molecule has 1 aliphatic heterocycles. The van der Waals surface area contributed by atoms with Gasteiger partial charge in [-0.15, -0.1) is 0 Å². The maximum Gasteiger partial charge on any atom is 0.254 e. The first-order valence-corrected chi connectivity index (χ1v) is 7.30. The third kappa shape index (κ3) is 3.54.